The van der Waals surface area contributed by atoms with Gasteiger partial charge in [0.25, 0.3) is 0 Å². The Bertz CT molecular complexity index is 422. The van der Waals surface area contributed by atoms with E-state index in [2.05, 4.69) is 11.0 Å². The second kappa shape index (κ2) is 7.50. The Morgan fingerprint density at radius 2 is 2.00 bits per heavy atom. The molecular weight excluding hydrogens is 254 g/mol. The highest BCUT2D eigenvalue weighted by molar-refractivity contribution is 5.42. The Morgan fingerprint density at radius 3 is 2.70 bits per heavy atom. The largest absolute Gasteiger partial charge is 0.493 e. The van der Waals surface area contributed by atoms with Crippen molar-refractivity contribution < 1.29 is 14.6 Å². The van der Waals surface area contributed by atoms with Gasteiger partial charge in [-0.3, -0.25) is 4.90 Å². The molecule has 1 N–H and O–H groups in total. The molecule has 112 valence electrons. The van der Waals surface area contributed by atoms with E-state index in [0.29, 0.717) is 6.04 Å². The van der Waals surface area contributed by atoms with Crippen molar-refractivity contribution in [2.24, 2.45) is 0 Å². The maximum atomic E-state index is 9.43. The van der Waals surface area contributed by atoms with Crippen LogP contribution in [-0.2, 0) is 6.42 Å². The average molecular weight is 279 g/mol. The highest BCUT2D eigenvalue weighted by atomic mass is 16.5. The molecule has 0 radical (unpaired) electrons. The van der Waals surface area contributed by atoms with Crippen molar-refractivity contribution >= 4 is 0 Å². The summed E-state index contributed by atoms with van der Waals surface area (Å²) in [6.45, 7) is 2.35. The van der Waals surface area contributed by atoms with Crippen molar-refractivity contribution in [2.45, 2.75) is 31.7 Å². The SMILES string of the molecule is COc1ccc(CCN2CCCC[C@@H]2CO)cc1OC. The number of likely N-dealkylation sites (tertiary alicyclic amines) is 1. The van der Waals surface area contributed by atoms with E-state index in [1.165, 1.54) is 18.4 Å². The molecule has 1 saturated heterocycles. The van der Waals surface area contributed by atoms with Crippen LogP contribution < -0.4 is 9.47 Å². The van der Waals surface area contributed by atoms with Crippen LogP contribution in [0, 0.1) is 0 Å². The fraction of sp³-hybridized carbons (Fsp3) is 0.625. The first-order chi connectivity index (χ1) is 9.78. The van der Waals surface area contributed by atoms with Gasteiger partial charge in [-0.2, -0.15) is 0 Å². The molecule has 1 aromatic rings. The maximum absolute atomic E-state index is 9.43. The highest BCUT2D eigenvalue weighted by Crippen LogP contribution is 2.28. The summed E-state index contributed by atoms with van der Waals surface area (Å²) in [5.74, 6) is 1.55. The van der Waals surface area contributed by atoms with Crippen LogP contribution in [0.15, 0.2) is 18.2 Å². The van der Waals surface area contributed by atoms with Crippen molar-refractivity contribution in [1.82, 2.24) is 4.90 Å². The summed E-state index contributed by atoms with van der Waals surface area (Å²) in [5.41, 5.74) is 1.24. The first-order valence-electron chi connectivity index (χ1n) is 7.34. The van der Waals surface area contributed by atoms with Crippen molar-refractivity contribution in [3.63, 3.8) is 0 Å². The minimum atomic E-state index is 0.270. The summed E-state index contributed by atoms with van der Waals surface area (Å²) < 4.78 is 10.6. The van der Waals surface area contributed by atoms with Gasteiger partial charge in [0.1, 0.15) is 0 Å². The maximum Gasteiger partial charge on any atom is 0.160 e. The zero-order chi connectivity index (χ0) is 14.4. The van der Waals surface area contributed by atoms with Gasteiger partial charge in [0.2, 0.25) is 0 Å². The molecule has 0 spiro atoms. The lowest BCUT2D eigenvalue weighted by Crippen LogP contribution is -2.42. The molecule has 1 aromatic carbocycles. The van der Waals surface area contributed by atoms with Gasteiger partial charge in [-0.15, -0.1) is 0 Å². The van der Waals surface area contributed by atoms with Gasteiger partial charge in [0.15, 0.2) is 11.5 Å². The molecule has 1 aliphatic rings. The lowest BCUT2D eigenvalue weighted by Gasteiger charge is -2.34. The van der Waals surface area contributed by atoms with Crippen LogP contribution >= 0.6 is 0 Å². The number of methoxy groups -OCH3 is 2. The molecule has 0 amide bonds. The molecule has 1 aliphatic heterocycles. The van der Waals surface area contributed by atoms with E-state index in [0.717, 1.165) is 37.4 Å². The second-order valence-electron chi connectivity index (χ2n) is 5.31. The third-order valence-electron chi connectivity index (χ3n) is 4.10. The number of aliphatic hydroxyl groups is 1. The molecule has 0 aromatic heterocycles. The fourth-order valence-electron chi connectivity index (χ4n) is 2.87. The molecule has 4 nitrogen and oxygen atoms in total. The summed E-state index contributed by atoms with van der Waals surface area (Å²) in [6, 6.07) is 6.41. The van der Waals surface area contributed by atoms with Crippen LogP contribution in [0.5, 0.6) is 11.5 Å². The molecule has 4 heteroatoms. The monoisotopic (exact) mass is 279 g/mol. The molecule has 1 heterocycles. The van der Waals surface area contributed by atoms with E-state index in [1.54, 1.807) is 14.2 Å². The first-order valence-corrected chi connectivity index (χ1v) is 7.34. The Kier molecular flexibility index (Phi) is 5.68. The Hall–Kier alpha value is -1.26. The van der Waals surface area contributed by atoms with Crippen LogP contribution in [0.2, 0.25) is 0 Å². The molecule has 0 aliphatic carbocycles. The zero-order valence-electron chi connectivity index (χ0n) is 12.5. The van der Waals surface area contributed by atoms with Crippen molar-refractivity contribution in [3.8, 4) is 11.5 Å². The van der Waals surface area contributed by atoms with E-state index in [9.17, 15) is 5.11 Å². The Morgan fingerprint density at radius 1 is 1.20 bits per heavy atom. The summed E-state index contributed by atoms with van der Waals surface area (Å²) in [5, 5.41) is 9.43. The summed E-state index contributed by atoms with van der Waals surface area (Å²) in [7, 11) is 3.31. The van der Waals surface area contributed by atoms with Gasteiger partial charge in [0.05, 0.1) is 20.8 Å². The smallest absolute Gasteiger partial charge is 0.160 e. The number of piperidine rings is 1. The van der Waals surface area contributed by atoms with E-state index in [4.69, 9.17) is 9.47 Å². The van der Waals surface area contributed by atoms with Crippen LogP contribution in [0.1, 0.15) is 24.8 Å². The third-order valence-corrected chi connectivity index (χ3v) is 4.10. The van der Waals surface area contributed by atoms with Crippen molar-refractivity contribution in [1.29, 1.82) is 0 Å². The van der Waals surface area contributed by atoms with E-state index < -0.39 is 0 Å². The zero-order valence-corrected chi connectivity index (χ0v) is 12.5. The molecule has 1 atom stereocenters. The quantitative estimate of drug-likeness (QED) is 0.866. The number of nitrogens with zero attached hydrogens (tertiary/aromatic N) is 1. The van der Waals surface area contributed by atoms with Gasteiger partial charge in [-0.1, -0.05) is 12.5 Å². The van der Waals surface area contributed by atoms with Gasteiger partial charge in [0, 0.05) is 12.6 Å². The summed E-state index contributed by atoms with van der Waals surface area (Å²) in [4.78, 5) is 2.40. The number of rotatable bonds is 6. The molecule has 1 fully saturated rings. The molecule has 0 unspecified atom stereocenters. The summed E-state index contributed by atoms with van der Waals surface area (Å²) in [6.07, 6.45) is 4.56. The summed E-state index contributed by atoms with van der Waals surface area (Å²) >= 11 is 0. The van der Waals surface area contributed by atoms with Gasteiger partial charge < -0.3 is 14.6 Å². The fourth-order valence-corrected chi connectivity index (χ4v) is 2.87. The van der Waals surface area contributed by atoms with Crippen LogP contribution in [0.3, 0.4) is 0 Å². The third kappa shape index (κ3) is 3.64. The number of benzene rings is 1. The van der Waals surface area contributed by atoms with Gasteiger partial charge in [-0.25, -0.2) is 0 Å². The van der Waals surface area contributed by atoms with Crippen LogP contribution in [0.25, 0.3) is 0 Å². The van der Waals surface area contributed by atoms with Gasteiger partial charge in [-0.05, 0) is 43.5 Å². The number of aliphatic hydroxyl groups excluding tert-OH is 1. The average Bonchev–Trinajstić information content (AvgIpc) is 2.52. The molecule has 0 bridgehead atoms. The Balaban J connectivity index is 1.96. The lowest BCUT2D eigenvalue weighted by atomic mass is 10.0. The normalized spacial score (nSPS) is 19.9. The van der Waals surface area contributed by atoms with Gasteiger partial charge >= 0.3 is 0 Å². The van der Waals surface area contributed by atoms with E-state index in [-0.39, 0.29) is 6.61 Å². The van der Waals surface area contributed by atoms with Crippen LogP contribution in [0.4, 0.5) is 0 Å². The van der Waals surface area contributed by atoms with E-state index in [1.807, 2.05) is 12.1 Å². The van der Waals surface area contributed by atoms with Crippen LogP contribution in [-0.4, -0.2) is 50.0 Å². The lowest BCUT2D eigenvalue weighted by molar-refractivity contribution is 0.0913. The standard InChI is InChI=1S/C16H25NO3/c1-19-15-7-6-13(11-16(15)20-2)8-10-17-9-4-3-5-14(17)12-18/h6-7,11,14,18H,3-5,8-10,12H2,1-2H3/t14-/m1/s1. The predicted octanol–water partition coefficient (Wildman–Crippen LogP) is 2.09. The highest BCUT2D eigenvalue weighted by Gasteiger charge is 2.21. The topological polar surface area (TPSA) is 41.9 Å². The minimum Gasteiger partial charge on any atom is -0.493 e. The number of ether oxygens (including phenoxy) is 2. The molecule has 0 saturated carbocycles. The number of hydrogen-bond donors (Lipinski definition) is 1. The predicted molar refractivity (Wildman–Crippen MR) is 79.5 cm³/mol. The molecule has 20 heavy (non-hydrogen) atoms. The Labute approximate surface area is 121 Å². The first kappa shape index (κ1) is 15.1. The molecule has 2 rings (SSSR count). The number of hydrogen-bond acceptors (Lipinski definition) is 4. The molecular formula is C16H25NO3. The minimum absolute atomic E-state index is 0.270. The van der Waals surface area contributed by atoms with Crippen molar-refractivity contribution in [3.05, 3.63) is 23.8 Å². The second-order valence-corrected chi connectivity index (χ2v) is 5.31. The van der Waals surface area contributed by atoms with E-state index >= 15 is 0 Å². The van der Waals surface area contributed by atoms with Crippen molar-refractivity contribution in [2.75, 3.05) is 33.9 Å².